The molecule has 0 heterocycles. The van der Waals surface area contributed by atoms with E-state index in [4.69, 9.17) is 17.3 Å². The lowest BCUT2D eigenvalue weighted by Gasteiger charge is -2.17. The zero-order chi connectivity index (χ0) is 14.2. The molecule has 0 saturated heterocycles. The van der Waals surface area contributed by atoms with Gasteiger partial charge in [-0.3, -0.25) is 0 Å². The van der Waals surface area contributed by atoms with E-state index in [1.54, 1.807) is 13.0 Å². The van der Waals surface area contributed by atoms with Gasteiger partial charge in [-0.1, -0.05) is 33.6 Å². The zero-order valence-corrected chi connectivity index (χ0v) is 13.0. The highest BCUT2D eigenvalue weighted by atomic mass is 79.9. The number of halogens is 3. The van der Waals surface area contributed by atoms with Gasteiger partial charge in [0.15, 0.2) is 0 Å². The van der Waals surface area contributed by atoms with Gasteiger partial charge < -0.3 is 5.73 Å². The minimum Gasteiger partial charge on any atom is -0.320 e. The van der Waals surface area contributed by atoms with Crippen LogP contribution in [0.25, 0.3) is 0 Å². The molecule has 0 radical (unpaired) electrons. The molecule has 2 N–H and O–H groups in total. The van der Waals surface area contributed by atoms with Crippen molar-refractivity contribution in [2.24, 2.45) is 5.73 Å². The van der Waals surface area contributed by atoms with Crippen molar-refractivity contribution in [2.75, 3.05) is 0 Å². The number of rotatable bonds is 2. The molecule has 1 unspecified atom stereocenters. The summed E-state index contributed by atoms with van der Waals surface area (Å²) in [6.45, 7) is 3.69. The predicted octanol–water partition coefficient (Wildman–Crippen LogP) is 4.91. The second-order valence-electron chi connectivity index (χ2n) is 4.60. The summed E-state index contributed by atoms with van der Waals surface area (Å²) in [5.41, 5.74) is 9.60. The molecule has 2 aromatic carbocycles. The lowest BCUT2D eigenvalue weighted by molar-refractivity contribution is 0.617. The summed E-state index contributed by atoms with van der Waals surface area (Å²) in [5.74, 6) is -0.312. The molecule has 0 fully saturated rings. The third kappa shape index (κ3) is 2.99. The average Bonchev–Trinajstić information content (AvgIpc) is 2.33. The third-order valence-electron chi connectivity index (χ3n) is 3.18. The standard InChI is InChI=1S/C15H14BrClFN/c1-8-5-10(16)3-4-11(8)15(19)12-6-9(2)14(18)7-13(12)17/h3-7,15H,19H2,1-2H3. The topological polar surface area (TPSA) is 26.0 Å². The Hall–Kier alpha value is -0.900. The van der Waals surface area contributed by atoms with Gasteiger partial charge in [0, 0.05) is 9.50 Å². The third-order valence-corrected chi connectivity index (χ3v) is 4.00. The van der Waals surface area contributed by atoms with Crippen LogP contribution in [0.3, 0.4) is 0 Å². The van der Waals surface area contributed by atoms with Gasteiger partial charge >= 0.3 is 0 Å². The summed E-state index contributed by atoms with van der Waals surface area (Å²) >= 11 is 9.52. The van der Waals surface area contributed by atoms with Gasteiger partial charge in [-0.15, -0.1) is 0 Å². The summed E-state index contributed by atoms with van der Waals surface area (Å²) in [6, 6.07) is 8.56. The normalized spacial score (nSPS) is 12.5. The van der Waals surface area contributed by atoms with Crippen LogP contribution in [-0.4, -0.2) is 0 Å². The van der Waals surface area contributed by atoms with Crippen LogP contribution in [0, 0.1) is 19.7 Å². The van der Waals surface area contributed by atoms with Crippen molar-refractivity contribution in [1.29, 1.82) is 0 Å². The number of aryl methyl sites for hydroxylation is 2. The maximum Gasteiger partial charge on any atom is 0.127 e. The first-order chi connectivity index (χ1) is 8.90. The first-order valence-corrected chi connectivity index (χ1v) is 7.04. The molecule has 0 saturated carbocycles. The minimum absolute atomic E-state index is 0.312. The predicted molar refractivity (Wildman–Crippen MR) is 81.1 cm³/mol. The Kier molecular flexibility index (Phi) is 4.29. The fourth-order valence-corrected chi connectivity index (χ4v) is 2.82. The molecule has 0 aliphatic carbocycles. The van der Waals surface area contributed by atoms with Gasteiger partial charge in [-0.25, -0.2) is 4.39 Å². The molecule has 100 valence electrons. The number of nitrogens with two attached hydrogens (primary N) is 1. The number of benzene rings is 2. The zero-order valence-electron chi connectivity index (χ0n) is 10.7. The monoisotopic (exact) mass is 341 g/mol. The van der Waals surface area contributed by atoms with Crippen molar-refractivity contribution in [3.63, 3.8) is 0 Å². The first kappa shape index (κ1) is 14.5. The van der Waals surface area contributed by atoms with E-state index in [-0.39, 0.29) is 11.9 Å². The van der Waals surface area contributed by atoms with E-state index in [9.17, 15) is 4.39 Å². The molecule has 2 aromatic rings. The van der Waals surface area contributed by atoms with E-state index in [2.05, 4.69) is 15.9 Å². The quantitative estimate of drug-likeness (QED) is 0.825. The second-order valence-corrected chi connectivity index (χ2v) is 5.92. The summed E-state index contributed by atoms with van der Waals surface area (Å²) < 4.78 is 14.4. The van der Waals surface area contributed by atoms with E-state index < -0.39 is 0 Å². The molecule has 0 bridgehead atoms. The Morgan fingerprint density at radius 2 is 1.79 bits per heavy atom. The van der Waals surface area contributed by atoms with Crippen LogP contribution in [0.1, 0.15) is 28.3 Å². The van der Waals surface area contributed by atoms with Gasteiger partial charge in [0.25, 0.3) is 0 Å². The van der Waals surface area contributed by atoms with Gasteiger partial charge in [-0.2, -0.15) is 0 Å². The van der Waals surface area contributed by atoms with Crippen molar-refractivity contribution in [3.8, 4) is 0 Å². The van der Waals surface area contributed by atoms with Gasteiger partial charge in [-0.05, 0) is 60.4 Å². The minimum atomic E-state index is -0.361. The summed E-state index contributed by atoms with van der Waals surface area (Å²) in [4.78, 5) is 0. The highest BCUT2D eigenvalue weighted by molar-refractivity contribution is 9.10. The largest absolute Gasteiger partial charge is 0.320 e. The summed E-state index contributed by atoms with van der Waals surface area (Å²) in [6.07, 6.45) is 0. The van der Waals surface area contributed by atoms with E-state index in [0.717, 1.165) is 21.2 Å². The fourth-order valence-electron chi connectivity index (χ4n) is 2.07. The van der Waals surface area contributed by atoms with Crippen LogP contribution in [0.4, 0.5) is 4.39 Å². The molecule has 0 aliphatic rings. The van der Waals surface area contributed by atoms with Gasteiger partial charge in [0.05, 0.1) is 6.04 Å². The molecule has 1 nitrogen and oxygen atoms in total. The van der Waals surface area contributed by atoms with Crippen LogP contribution in [0.15, 0.2) is 34.8 Å². The number of hydrogen-bond acceptors (Lipinski definition) is 1. The highest BCUT2D eigenvalue weighted by Gasteiger charge is 2.16. The lowest BCUT2D eigenvalue weighted by atomic mass is 9.94. The molecule has 4 heteroatoms. The van der Waals surface area contributed by atoms with Gasteiger partial charge in [0.1, 0.15) is 5.82 Å². The highest BCUT2D eigenvalue weighted by Crippen LogP contribution is 2.31. The van der Waals surface area contributed by atoms with E-state index in [0.29, 0.717) is 10.6 Å². The van der Waals surface area contributed by atoms with Crippen LogP contribution < -0.4 is 5.73 Å². The molecule has 0 aliphatic heterocycles. The van der Waals surface area contributed by atoms with Crippen molar-refractivity contribution in [2.45, 2.75) is 19.9 Å². The molecular weight excluding hydrogens is 329 g/mol. The maximum atomic E-state index is 13.4. The smallest absolute Gasteiger partial charge is 0.127 e. The fraction of sp³-hybridized carbons (Fsp3) is 0.200. The lowest BCUT2D eigenvalue weighted by Crippen LogP contribution is -2.14. The number of hydrogen-bond donors (Lipinski definition) is 1. The Balaban J connectivity index is 2.49. The second kappa shape index (κ2) is 5.61. The van der Waals surface area contributed by atoms with Crippen LogP contribution in [0.5, 0.6) is 0 Å². The Bertz CT molecular complexity index is 628. The van der Waals surface area contributed by atoms with E-state index >= 15 is 0 Å². The summed E-state index contributed by atoms with van der Waals surface area (Å²) in [7, 11) is 0. The van der Waals surface area contributed by atoms with E-state index in [1.165, 1.54) is 6.07 Å². The van der Waals surface area contributed by atoms with Crippen molar-refractivity contribution in [3.05, 3.63) is 67.9 Å². The Morgan fingerprint density at radius 3 is 2.42 bits per heavy atom. The maximum absolute atomic E-state index is 13.4. The molecule has 0 spiro atoms. The Morgan fingerprint density at radius 1 is 1.11 bits per heavy atom. The van der Waals surface area contributed by atoms with Crippen LogP contribution >= 0.6 is 27.5 Å². The molecule has 0 aromatic heterocycles. The van der Waals surface area contributed by atoms with E-state index in [1.807, 2.05) is 25.1 Å². The van der Waals surface area contributed by atoms with Crippen LogP contribution in [-0.2, 0) is 0 Å². The van der Waals surface area contributed by atoms with Gasteiger partial charge in [0.2, 0.25) is 0 Å². The van der Waals surface area contributed by atoms with Crippen molar-refractivity contribution < 1.29 is 4.39 Å². The molecular formula is C15H14BrClFN. The Labute approximate surface area is 125 Å². The first-order valence-electron chi connectivity index (χ1n) is 5.87. The van der Waals surface area contributed by atoms with Crippen LogP contribution in [0.2, 0.25) is 5.02 Å². The molecule has 19 heavy (non-hydrogen) atoms. The SMILES string of the molecule is Cc1cc(C(N)c2ccc(Br)cc2C)c(Cl)cc1F. The summed E-state index contributed by atoms with van der Waals surface area (Å²) in [5, 5.41) is 0.359. The van der Waals surface area contributed by atoms with Crippen molar-refractivity contribution >= 4 is 27.5 Å². The molecule has 2 rings (SSSR count). The molecule has 1 atom stereocenters. The van der Waals surface area contributed by atoms with Crippen molar-refractivity contribution in [1.82, 2.24) is 0 Å². The molecule has 0 amide bonds. The average molecular weight is 343 g/mol.